The zero-order chi connectivity index (χ0) is 7.72. The third kappa shape index (κ3) is 1.28. The van der Waals surface area contributed by atoms with Gasteiger partial charge in [-0.05, 0) is 0 Å². The van der Waals surface area contributed by atoms with Crippen LogP contribution in [-0.4, -0.2) is 5.11 Å². The summed E-state index contributed by atoms with van der Waals surface area (Å²) in [5, 5.41) is 9.43. The second-order valence-corrected chi connectivity index (χ2v) is 2.64. The van der Waals surface area contributed by atoms with E-state index in [1.54, 1.807) is 0 Å². The molecule has 3 N–H and O–H groups in total. The van der Waals surface area contributed by atoms with Crippen LogP contribution in [0.5, 0.6) is 5.75 Å². The number of rotatable bonds is 0. The van der Waals surface area contributed by atoms with Crippen LogP contribution in [0.15, 0.2) is 12.1 Å². The van der Waals surface area contributed by atoms with Gasteiger partial charge in [-0.3, -0.25) is 0 Å². The second-order valence-electron chi connectivity index (χ2n) is 1.82. The molecule has 0 spiro atoms. The molecule has 1 rings (SSSR count). The molecule has 0 radical (unpaired) electrons. The molecular formula is C6H5Cl2NO. The average Bonchev–Trinajstić information content (AvgIpc) is 1.82. The summed E-state index contributed by atoms with van der Waals surface area (Å²) < 4.78 is 0. The molecule has 0 amide bonds. The van der Waals surface area contributed by atoms with Gasteiger partial charge in [0.1, 0.15) is 5.75 Å². The number of hydrogen-bond donors (Lipinski definition) is 2. The van der Waals surface area contributed by atoms with Gasteiger partial charge in [-0.1, -0.05) is 23.2 Å². The van der Waals surface area contributed by atoms with Crippen molar-refractivity contribution in [3.8, 4) is 5.75 Å². The van der Waals surface area contributed by atoms with Gasteiger partial charge in [0.15, 0.2) is 0 Å². The molecule has 0 aliphatic carbocycles. The Morgan fingerprint density at radius 3 is 2.00 bits per heavy atom. The maximum Gasteiger partial charge on any atom is 0.118 e. The summed E-state index contributed by atoms with van der Waals surface area (Å²) in [7, 11) is 0. The molecule has 2 nitrogen and oxygen atoms in total. The topological polar surface area (TPSA) is 46.2 Å². The van der Waals surface area contributed by atoms with Gasteiger partial charge in [-0.15, -0.1) is 0 Å². The van der Waals surface area contributed by atoms with Gasteiger partial charge in [0, 0.05) is 12.1 Å². The van der Waals surface area contributed by atoms with Crippen LogP contribution < -0.4 is 5.73 Å². The number of nitrogen functional groups attached to an aromatic ring is 1. The molecule has 0 fully saturated rings. The summed E-state index contributed by atoms with van der Waals surface area (Å²) >= 11 is 11.1. The van der Waals surface area contributed by atoms with Gasteiger partial charge in [0.05, 0.1) is 15.7 Å². The molecule has 0 aliphatic rings. The SMILES string of the molecule is Nc1c(Cl)cc(O)cc1Cl. The lowest BCUT2D eigenvalue weighted by atomic mass is 10.3. The number of anilines is 1. The largest absolute Gasteiger partial charge is 0.508 e. The van der Waals surface area contributed by atoms with Gasteiger partial charge in [-0.2, -0.15) is 0 Å². The summed E-state index contributed by atoms with van der Waals surface area (Å²) in [6, 6.07) is 2.67. The highest BCUT2D eigenvalue weighted by atomic mass is 35.5. The zero-order valence-electron chi connectivity index (χ0n) is 4.94. The first-order valence-electron chi connectivity index (χ1n) is 2.54. The first-order valence-corrected chi connectivity index (χ1v) is 3.30. The van der Waals surface area contributed by atoms with Crippen LogP contribution in [0.3, 0.4) is 0 Å². The van der Waals surface area contributed by atoms with Crippen LogP contribution in [0, 0.1) is 0 Å². The Kier molecular flexibility index (Phi) is 1.92. The third-order valence-corrected chi connectivity index (χ3v) is 1.69. The fourth-order valence-corrected chi connectivity index (χ4v) is 1.05. The number of hydrogen-bond acceptors (Lipinski definition) is 2. The lowest BCUT2D eigenvalue weighted by molar-refractivity contribution is 0.475. The number of aromatic hydroxyl groups is 1. The van der Waals surface area contributed by atoms with E-state index in [4.69, 9.17) is 34.0 Å². The Morgan fingerprint density at radius 2 is 1.60 bits per heavy atom. The van der Waals surface area contributed by atoms with Crippen LogP contribution in [-0.2, 0) is 0 Å². The molecule has 1 aromatic rings. The predicted molar refractivity (Wildman–Crippen MR) is 42.5 cm³/mol. The molecule has 0 heterocycles. The Hall–Kier alpha value is -0.600. The van der Waals surface area contributed by atoms with Gasteiger partial charge in [0.2, 0.25) is 0 Å². The lowest BCUT2D eigenvalue weighted by Gasteiger charge is -2.00. The van der Waals surface area contributed by atoms with Crippen molar-refractivity contribution in [2.75, 3.05) is 5.73 Å². The molecular weight excluding hydrogens is 173 g/mol. The summed E-state index contributed by atoms with van der Waals surface area (Å²) in [6.07, 6.45) is 0. The van der Waals surface area contributed by atoms with Gasteiger partial charge in [-0.25, -0.2) is 0 Å². The molecule has 0 unspecified atom stereocenters. The smallest absolute Gasteiger partial charge is 0.118 e. The Balaban J connectivity index is 3.31. The van der Waals surface area contributed by atoms with E-state index < -0.39 is 0 Å². The van der Waals surface area contributed by atoms with Crippen LogP contribution >= 0.6 is 23.2 Å². The van der Waals surface area contributed by atoms with Crippen molar-refractivity contribution >= 4 is 28.9 Å². The van der Waals surface area contributed by atoms with E-state index in [-0.39, 0.29) is 15.8 Å². The standard InChI is InChI=1S/C6H5Cl2NO/c7-4-1-3(10)2-5(8)6(4)9/h1-2,10H,9H2. The number of halogens is 2. The molecule has 0 saturated carbocycles. The highest BCUT2D eigenvalue weighted by molar-refractivity contribution is 6.39. The van der Waals surface area contributed by atoms with Gasteiger partial charge in [0.25, 0.3) is 0 Å². The van der Waals surface area contributed by atoms with Crippen molar-refractivity contribution in [3.05, 3.63) is 22.2 Å². The van der Waals surface area contributed by atoms with Gasteiger partial charge >= 0.3 is 0 Å². The lowest BCUT2D eigenvalue weighted by Crippen LogP contribution is -1.86. The van der Waals surface area contributed by atoms with Crippen molar-refractivity contribution < 1.29 is 5.11 Å². The van der Waals surface area contributed by atoms with E-state index in [2.05, 4.69) is 0 Å². The molecule has 1 aromatic carbocycles. The van der Waals surface area contributed by atoms with E-state index in [9.17, 15) is 0 Å². The number of phenolic OH excluding ortho intramolecular Hbond substituents is 1. The maximum absolute atomic E-state index is 8.89. The highest BCUT2D eigenvalue weighted by Crippen LogP contribution is 2.31. The van der Waals surface area contributed by atoms with Crippen LogP contribution in [0.25, 0.3) is 0 Å². The van der Waals surface area contributed by atoms with Crippen molar-refractivity contribution in [3.63, 3.8) is 0 Å². The van der Waals surface area contributed by atoms with E-state index >= 15 is 0 Å². The van der Waals surface area contributed by atoms with E-state index in [0.717, 1.165) is 0 Å². The Bertz CT molecular complexity index is 239. The molecule has 10 heavy (non-hydrogen) atoms. The van der Waals surface area contributed by atoms with Crippen LogP contribution in [0.4, 0.5) is 5.69 Å². The molecule has 0 aromatic heterocycles. The monoisotopic (exact) mass is 177 g/mol. The first kappa shape index (κ1) is 7.51. The number of phenols is 1. The Morgan fingerprint density at radius 1 is 1.20 bits per heavy atom. The fourth-order valence-electron chi connectivity index (χ4n) is 0.571. The predicted octanol–water partition coefficient (Wildman–Crippen LogP) is 2.28. The summed E-state index contributed by atoms with van der Waals surface area (Å²) in [6.45, 7) is 0. The number of benzene rings is 1. The highest BCUT2D eigenvalue weighted by Gasteiger charge is 2.02. The fraction of sp³-hybridized carbons (Fsp3) is 0. The van der Waals surface area contributed by atoms with E-state index in [0.29, 0.717) is 5.69 Å². The van der Waals surface area contributed by atoms with Crippen molar-refractivity contribution in [1.82, 2.24) is 0 Å². The van der Waals surface area contributed by atoms with E-state index in [1.807, 2.05) is 0 Å². The number of nitrogens with two attached hydrogens (primary N) is 1. The van der Waals surface area contributed by atoms with Crippen LogP contribution in [0.1, 0.15) is 0 Å². The minimum atomic E-state index is 0.0178. The van der Waals surface area contributed by atoms with E-state index in [1.165, 1.54) is 12.1 Å². The summed E-state index contributed by atoms with van der Waals surface area (Å²) in [5.74, 6) is 0.0178. The molecule has 54 valence electrons. The summed E-state index contributed by atoms with van der Waals surface area (Å²) in [5.41, 5.74) is 5.67. The maximum atomic E-state index is 8.89. The first-order chi connectivity index (χ1) is 4.61. The minimum absolute atomic E-state index is 0.0178. The average molecular weight is 178 g/mol. The third-order valence-electron chi connectivity index (χ3n) is 1.06. The van der Waals surface area contributed by atoms with Crippen molar-refractivity contribution in [2.24, 2.45) is 0 Å². The van der Waals surface area contributed by atoms with Gasteiger partial charge < -0.3 is 10.8 Å². The summed E-state index contributed by atoms with van der Waals surface area (Å²) in [4.78, 5) is 0. The molecule has 0 saturated heterocycles. The second kappa shape index (κ2) is 2.56. The van der Waals surface area contributed by atoms with Crippen molar-refractivity contribution in [1.29, 1.82) is 0 Å². The molecule has 4 heteroatoms. The molecule has 0 atom stereocenters. The molecule has 0 aliphatic heterocycles. The quantitative estimate of drug-likeness (QED) is 0.472. The minimum Gasteiger partial charge on any atom is -0.508 e. The van der Waals surface area contributed by atoms with Crippen molar-refractivity contribution in [2.45, 2.75) is 0 Å². The molecule has 0 bridgehead atoms. The zero-order valence-corrected chi connectivity index (χ0v) is 6.45. The normalized spacial score (nSPS) is 9.80. The Labute approximate surface area is 68.2 Å². The van der Waals surface area contributed by atoms with Crippen LogP contribution in [0.2, 0.25) is 10.0 Å².